The number of nitrogens with zero attached hydrogens (tertiary/aromatic N) is 1. The fraction of sp³-hybridized carbons (Fsp3) is 0.400. The van der Waals surface area contributed by atoms with E-state index in [0.717, 1.165) is 6.42 Å². The maximum Gasteiger partial charge on any atom is 0.275 e. The normalized spacial score (nSPS) is 20.8. The Hall–Kier alpha value is -2.36. The van der Waals surface area contributed by atoms with Crippen LogP contribution < -0.4 is 5.43 Å². The van der Waals surface area contributed by atoms with Gasteiger partial charge in [0.05, 0.1) is 11.3 Å². The number of carbonyl (C=O) groups excluding carboxylic acids is 1. The predicted octanol–water partition coefficient (Wildman–Crippen LogP) is 4.44. The highest BCUT2D eigenvalue weighted by molar-refractivity contribution is 5.99. The lowest BCUT2D eigenvalue weighted by Gasteiger charge is -2.36. The number of hydrazone groups is 1. The van der Waals surface area contributed by atoms with E-state index >= 15 is 0 Å². The first-order valence-electron chi connectivity index (χ1n) is 8.29. The number of amides is 1. The monoisotopic (exact) mass is 326 g/mol. The first kappa shape index (κ1) is 18.0. The number of hydrogen-bond donors (Lipinski definition) is 2. The number of phenols is 1. The van der Waals surface area contributed by atoms with Gasteiger partial charge in [-0.25, -0.2) is 5.43 Å². The fourth-order valence-electron chi connectivity index (χ4n) is 3.12. The molecule has 0 saturated heterocycles. The highest BCUT2D eigenvalue weighted by Gasteiger charge is 2.30. The van der Waals surface area contributed by atoms with E-state index in [-0.39, 0.29) is 16.7 Å². The van der Waals surface area contributed by atoms with Gasteiger partial charge in [-0.05, 0) is 50.3 Å². The molecule has 0 bridgehead atoms. The van der Waals surface area contributed by atoms with Crippen LogP contribution in [0.1, 0.15) is 50.9 Å². The number of para-hydroxylation sites is 1. The summed E-state index contributed by atoms with van der Waals surface area (Å²) in [7, 11) is 0. The molecular formula is C20H26N2O2. The van der Waals surface area contributed by atoms with Crippen LogP contribution in [0, 0.1) is 11.3 Å². The molecule has 4 heteroatoms. The van der Waals surface area contributed by atoms with Crippen LogP contribution in [0.25, 0.3) is 0 Å². The van der Waals surface area contributed by atoms with E-state index in [1.807, 2.05) is 13.0 Å². The lowest BCUT2D eigenvalue weighted by Crippen LogP contribution is -2.26. The molecule has 0 aliphatic heterocycles. The first-order chi connectivity index (χ1) is 11.3. The van der Waals surface area contributed by atoms with Gasteiger partial charge in [0, 0.05) is 5.92 Å². The molecule has 128 valence electrons. The van der Waals surface area contributed by atoms with Gasteiger partial charge in [-0.2, -0.15) is 5.10 Å². The van der Waals surface area contributed by atoms with Gasteiger partial charge >= 0.3 is 0 Å². The third-order valence-corrected chi connectivity index (χ3v) is 4.60. The zero-order valence-corrected chi connectivity index (χ0v) is 14.8. The minimum Gasteiger partial charge on any atom is -0.507 e. The van der Waals surface area contributed by atoms with Crippen LogP contribution in [-0.4, -0.2) is 16.7 Å². The molecule has 1 aromatic carbocycles. The minimum atomic E-state index is -0.421. The summed E-state index contributed by atoms with van der Waals surface area (Å²) in [5.41, 5.74) is 5.02. The Bertz CT molecular complexity index is 699. The summed E-state index contributed by atoms with van der Waals surface area (Å²) >= 11 is 0. The van der Waals surface area contributed by atoms with Gasteiger partial charge < -0.3 is 5.11 Å². The molecule has 0 spiro atoms. The molecule has 4 nitrogen and oxygen atoms in total. The van der Waals surface area contributed by atoms with Crippen molar-refractivity contribution in [3.8, 4) is 5.75 Å². The van der Waals surface area contributed by atoms with Crippen molar-refractivity contribution in [2.45, 2.75) is 40.5 Å². The summed E-state index contributed by atoms with van der Waals surface area (Å²) in [6, 6.07) is 6.41. The molecule has 0 fully saturated rings. The second kappa shape index (κ2) is 7.47. The number of hydrogen-bond acceptors (Lipinski definition) is 3. The lowest BCUT2D eigenvalue weighted by atomic mass is 9.68. The minimum absolute atomic E-state index is 0.0527. The maximum absolute atomic E-state index is 12.0. The number of aromatic hydroxyl groups is 1. The molecular weight excluding hydrogens is 300 g/mol. The smallest absolute Gasteiger partial charge is 0.275 e. The Kier molecular flexibility index (Phi) is 5.60. The summed E-state index contributed by atoms with van der Waals surface area (Å²) < 4.78 is 0. The molecule has 0 aromatic heterocycles. The third-order valence-electron chi connectivity index (χ3n) is 4.60. The number of carbonyl (C=O) groups is 1. The van der Waals surface area contributed by atoms with Crippen molar-refractivity contribution in [1.82, 2.24) is 5.43 Å². The van der Waals surface area contributed by atoms with E-state index in [0.29, 0.717) is 11.6 Å². The summed E-state index contributed by atoms with van der Waals surface area (Å²) in [6.45, 7) is 8.58. The lowest BCUT2D eigenvalue weighted by molar-refractivity contribution is 0.0952. The molecule has 2 N–H and O–H groups in total. The standard InChI is InChI=1S/C20H26N2O2/c1-14-8-7-13-20(3,4)17(14)12-11-15(2)21-22-19(24)16-9-5-6-10-18(16)23/h5-6,8-12,17,23H,7,13H2,1-4H3,(H,22,24)/b12-11+,21-15+/t17-/m1/s1. The maximum atomic E-state index is 12.0. The van der Waals surface area contributed by atoms with E-state index in [1.165, 1.54) is 18.1 Å². The van der Waals surface area contributed by atoms with Crippen LogP contribution in [0.5, 0.6) is 5.75 Å². The molecule has 1 amide bonds. The molecule has 24 heavy (non-hydrogen) atoms. The van der Waals surface area contributed by atoms with Gasteiger partial charge in [0.2, 0.25) is 0 Å². The molecule has 0 unspecified atom stereocenters. The average molecular weight is 326 g/mol. The van der Waals surface area contributed by atoms with Crippen molar-refractivity contribution >= 4 is 11.6 Å². The van der Waals surface area contributed by atoms with E-state index in [4.69, 9.17) is 0 Å². The molecule has 0 heterocycles. The molecule has 1 aliphatic carbocycles. The quantitative estimate of drug-likeness (QED) is 0.488. The molecule has 1 aromatic rings. The van der Waals surface area contributed by atoms with Gasteiger partial charge in [-0.3, -0.25) is 4.79 Å². The van der Waals surface area contributed by atoms with Gasteiger partial charge in [-0.1, -0.05) is 43.7 Å². The zero-order chi connectivity index (χ0) is 17.7. The summed E-state index contributed by atoms with van der Waals surface area (Å²) in [5, 5.41) is 13.8. The number of benzene rings is 1. The van der Waals surface area contributed by atoms with Crippen LogP contribution in [0.2, 0.25) is 0 Å². The Morgan fingerprint density at radius 1 is 1.38 bits per heavy atom. The molecule has 1 atom stereocenters. The second-order valence-corrected chi connectivity index (χ2v) is 7.02. The Labute approximate surface area is 144 Å². The van der Waals surface area contributed by atoms with Crippen LogP contribution in [0.4, 0.5) is 0 Å². The Balaban J connectivity index is 2.04. The van der Waals surface area contributed by atoms with E-state index in [2.05, 4.69) is 43.5 Å². The van der Waals surface area contributed by atoms with Crippen LogP contribution in [0.15, 0.2) is 53.2 Å². The van der Waals surface area contributed by atoms with Crippen molar-refractivity contribution < 1.29 is 9.90 Å². The number of allylic oxidation sites excluding steroid dienone is 4. The zero-order valence-electron chi connectivity index (χ0n) is 14.8. The predicted molar refractivity (Wildman–Crippen MR) is 98.1 cm³/mol. The highest BCUT2D eigenvalue weighted by Crippen LogP contribution is 2.41. The Morgan fingerprint density at radius 3 is 2.75 bits per heavy atom. The largest absolute Gasteiger partial charge is 0.507 e. The Morgan fingerprint density at radius 2 is 2.08 bits per heavy atom. The van der Waals surface area contributed by atoms with Crippen LogP contribution >= 0.6 is 0 Å². The molecule has 0 radical (unpaired) electrons. The number of nitrogens with one attached hydrogen (secondary N) is 1. The van der Waals surface area contributed by atoms with Gasteiger partial charge in [-0.15, -0.1) is 0 Å². The van der Waals surface area contributed by atoms with Crippen molar-refractivity contribution in [2.75, 3.05) is 0 Å². The molecule has 1 aliphatic rings. The van der Waals surface area contributed by atoms with E-state index in [9.17, 15) is 9.90 Å². The molecule has 2 rings (SSSR count). The summed E-state index contributed by atoms with van der Waals surface area (Å²) in [6.07, 6.45) is 8.70. The summed E-state index contributed by atoms with van der Waals surface area (Å²) in [5.74, 6) is -0.0942. The number of phenolic OH excluding ortho intramolecular Hbond substituents is 1. The topological polar surface area (TPSA) is 61.7 Å². The van der Waals surface area contributed by atoms with E-state index in [1.54, 1.807) is 18.2 Å². The van der Waals surface area contributed by atoms with Crippen molar-refractivity contribution in [2.24, 2.45) is 16.4 Å². The van der Waals surface area contributed by atoms with Crippen molar-refractivity contribution in [1.29, 1.82) is 0 Å². The second-order valence-electron chi connectivity index (χ2n) is 7.02. The van der Waals surface area contributed by atoms with Crippen molar-refractivity contribution in [3.63, 3.8) is 0 Å². The van der Waals surface area contributed by atoms with Gasteiger partial charge in [0.15, 0.2) is 0 Å². The van der Waals surface area contributed by atoms with Crippen molar-refractivity contribution in [3.05, 3.63) is 53.6 Å². The average Bonchev–Trinajstić information content (AvgIpc) is 2.52. The number of rotatable bonds is 4. The highest BCUT2D eigenvalue weighted by atomic mass is 16.3. The van der Waals surface area contributed by atoms with Crippen LogP contribution in [-0.2, 0) is 0 Å². The third kappa shape index (κ3) is 4.34. The fourth-order valence-corrected chi connectivity index (χ4v) is 3.12. The van der Waals surface area contributed by atoms with E-state index < -0.39 is 5.91 Å². The van der Waals surface area contributed by atoms with Gasteiger partial charge in [0.25, 0.3) is 5.91 Å². The SMILES string of the molecule is CC1=CCCC(C)(C)[C@@H]1/C=C/C(C)=N/NC(=O)c1ccccc1O. The summed E-state index contributed by atoms with van der Waals surface area (Å²) in [4.78, 5) is 12.0. The van der Waals surface area contributed by atoms with Gasteiger partial charge in [0.1, 0.15) is 5.75 Å². The first-order valence-corrected chi connectivity index (χ1v) is 8.29. The van der Waals surface area contributed by atoms with Crippen LogP contribution in [0.3, 0.4) is 0 Å². The molecule has 0 saturated carbocycles.